The molecule has 1 heterocycles. The molecule has 2 N–H and O–H groups in total. The average Bonchev–Trinajstić information content (AvgIpc) is 3.24. The molecule has 23 heavy (non-hydrogen) atoms. The predicted octanol–water partition coefficient (Wildman–Crippen LogP) is 2.90. The van der Waals surface area contributed by atoms with Gasteiger partial charge < -0.3 is 10.6 Å². The van der Waals surface area contributed by atoms with Gasteiger partial charge in [-0.25, -0.2) is 4.68 Å². The lowest BCUT2D eigenvalue weighted by atomic mass is 10.1. The van der Waals surface area contributed by atoms with E-state index in [0.717, 1.165) is 24.1 Å². The molecule has 5 heteroatoms. The fourth-order valence-corrected chi connectivity index (χ4v) is 2.64. The molecule has 0 amide bonds. The summed E-state index contributed by atoms with van der Waals surface area (Å²) in [5, 5.41) is 11.2. The highest BCUT2D eigenvalue weighted by Crippen LogP contribution is 2.31. The Morgan fingerprint density at radius 1 is 1.39 bits per heavy atom. The van der Waals surface area contributed by atoms with E-state index in [4.69, 9.17) is 0 Å². The SMILES string of the molecule is CN=C(NCCC1CC1)NC(C)c1cccc(-n2cccn2)c1. The summed E-state index contributed by atoms with van der Waals surface area (Å²) in [4.78, 5) is 4.32. The van der Waals surface area contributed by atoms with Crippen molar-refractivity contribution in [3.05, 3.63) is 48.3 Å². The van der Waals surface area contributed by atoms with Gasteiger partial charge in [0.15, 0.2) is 5.96 Å². The van der Waals surface area contributed by atoms with E-state index in [0.29, 0.717) is 0 Å². The van der Waals surface area contributed by atoms with Crippen LogP contribution in [0.4, 0.5) is 0 Å². The molecule has 1 aromatic carbocycles. The smallest absolute Gasteiger partial charge is 0.191 e. The fourth-order valence-electron chi connectivity index (χ4n) is 2.64. The summed E-state index contributed by atoms with van der Waals surface area (Å²) in [5.41, 5.74) is 2.28. The van der Waals surface area contributed by atoms with E-state index in [2.05, 4.69) is 51.9 Å². The molecule has 122 valence electrons. The first-order valence-corrected chi connectivity index (χ1v) is 8.33. The lowest BCUT2D eigenvalue weighted by Gasteiger charge is -2.19. The molecule has 0 bridgehead atoms. The van der Waals surface area contributed by atoms with E-state index in [-0.39, 0.29) is 6.04 Å². The van der Waals surface area contributed by atoms with E-state index < -0.39 is 0 Å². The van der Waals surface area contributed by atoms with Crippen LogP contribution in [0.2, 0.25) is 0 Å². The van der Waals surface area contributed by atoms with Crippen LogP contribution in [-0.4, -0.2) is 29.3 Å². The van der Waals surface area contributed by atoms with Crippen molar-refractivity contribution in [3.63, 3.8) is 0 Å². The van der Waals surface area contributed by atoms with Crippen molar-refractivity contribution < 1.29 is 0 Å². The summed E-state index contributed by atoms with van der Waals surface area (Å²) in [5.74, 6) is 1.80. The standard InChI is InChI=1S/C18H25N5/c1-14(22-18(19-2)20-11-9-15-7-8-15)16-5-3-6-17(13-16)23-12-4-10-21-23/h3-6,10,12-15H,7-9,11H2,1-2H3,(H2,19,20,22). The first-order valence-electron chi connectivity index (χ1n) is 8.33. The van der Waals surface area contributed by atoms with E-state index in [1.807, 2.05) is 24.0 Å². The van der Waals surface area contributed by atoms with Gasteiger partial charge in [-0.1, -0.05) is 25.0 Å². The van der Waals surface area contributed by atoms with Crippen LogP contribution in [0.5, 0.6) is 0 Å². The molecule has 0 saturated heterocycles. The molecule has 1 aromatic heterocycles. The van der Waals surface area contributed by atoms with Crippen LogP contribution < -0.4 is 10.6 Å². The molecule has 0 spiro atoms. The van der Waals surface area contributed by atoms with Gasteiger partial charge in [-0.05, 0) is 43.0 Å². The number of benzene rings is 1. The van der Waals surface area contributed by atoms with Crippen molar-refractivity contribution >= 4 is 5.96 Å². The predicted molar refractivity (Wildman–Crippen MR) is 93.8 cm³/mol. The minimum atomic E-state index is 0.178. The van der Waals surface area contributed by atoms with Crippen LogP contribution in [0, 0.1) is 5.92 Å². The van der Waals surface area contributed by atoms with Crippen LogP contribution >= 0.6 is 0 Å². The molecule has 1 saturated carbocycles. The molecule has 0 aliphatic heterocycles. The number of hydrogen-bond acceptors (Lipinski definition) is 2. The number of aliphatic imine (C=N–C) groups is 1. The van der Waals surface area contributed by atoms with Gasteiger partial charge in [0.25, 0.3) is 0 Å². The van der Waals surface area contributed by atoms with Gasteiger partial charge in [0.05, 0.1) is 11.7 Å². The van der Waals surface area contributed by atoms with Crippen molar-refractivity contribution in [3.8, 4) is 5.69 Å². The van der Waals surface area contributed by atoms with Crippen LogP contribution in [0.3, 0.4) is 0 Å². The van der Waals surface area contributed by atoms with Crippen LogP contribution in [0.15, 0.2) is 47.7 Å². The van der Waals surface area contributed by atoms with Gasteiger partial charge >= 0.3 is 0 Å². The second-order valence-electron chi connectivity index (χ2n) is 6.14. The molecular weight excluding hydrogens is 286 g/mol. The third-order valence-corrected chi connectivity index (χ3v) is 4.26. The molecule has 3 rings (SSSR count). The highest BCUT2D eigenvalue weighted by atomic mass is 15.3. The van der Waals surface area contributed by atoms with Crippen molar-refractivity contribution in [2.45, 2.75) is 32.2 Å². The van der Waals surface area contributed by atoms with Gasteiger partial charge in [0.2, 0.25) is 0 Å². The monoisotopic (exact) mass is 311 g/mol. The van der Waals surface area contributed by atoms with Gasteiger partial charge in [-0.3, -0.25) is 4.99 Å². The minimum Gasteiger partial charge on any atom is -0.356 e. The summed E-state index contributed by atoms with van der Waals surface area (Å²) >= 11 is 0. The highest BCUT2D eigenvalue weighted by molar-refractivity contribution is 5.80. The van der Waals surface area contributed by atoms with Crippen molar-refractivity contribution in [2.24, 2.45) is 10.9 Å². The maximum atomic E-state index is 4.32. The molecule has 1 atom stereocenters. The molecule has 5 nitrogen and oxygen atoms in total. The number of nitrogens with zero attached hydrogens (tertiary/aromatic N) is 3. The highest BCUT2D eigenvalue weighted by Gasteiger charge is 2.20. The summed E-state index contributed by atoms with van der Waals surface area (Å²) in [6, 6.07) is 10.5. The maximum Gasteiger partial charge on any atom is 0.191 e. The Morgan fingerprint density at radius 2 is 2.26 bits per heavy atom. The Morgan fingerprint density at radius 3 is 2.96 bits per heavy atom. The summed E-state index contributed by atoms with van der Waals surface area (Å²) < 4.78 is 1.87. The van der Waals surface area contributed by atoms with Crippen molar-refractivity contribution in [1.82, 2.24) is 20.4 Å². The third-order valence-electron chi connectivity index (χ3n) is 4.26. The average molecular weight is 311 g/mol. The molecule has 1 fully saturated rings. The Kier molecular flexibility index (Phi) is 4.95. The van der Waals surface area contributed by atoms with Crippen LogP contribution in [0.25, 0.3) is 5.69 Å². The first kappa shape index (κ1) is 15.6. The molecule has 1 aliphatic rings. The molecule has 2 aromatic rings. The van der Waals surface area contributed by atoms with E-state index in [9.17, 15) is 0 Å². The maximum absolute atomic E-state index is 4.32. The van der Waals surface area contributed by atoms with Gasteiger partial charge in [0, 0.05) is 26.0 Å². The Labute approximate surface area is 137 Å². The third kappa shape index (κ3) is 4.34. The van der Waals surface area contributed by atoms with E-state index >= 15 is 0 Å². The first-order chi connectivity index (χ1) is 11.3. The normalized spacial score (nSPS) is 16.2. The summed E-state index contributed by atoms with van der Waals surface area (Å²) in [7, 11) is 1.82. The molecular formula is C18H25N5. The van der Waals surface area contributed by atoms with E-state index in [1.165, 1.54) is 24.8 Å². The zero-order valence-electron chi connectivity index (χ0n) is 13.9. The number of guanidine groups is 1. The van der Waals surface area contributed by atoms with Crippen molar-refractivity contribution in [1.29, 1.82) is 0 Å². The van der Waals surface area contributed by atoms with Crippen molar-refractivity contribution in [2.75, 3.05) is 13.6 Å². The Bertz CT molecular complexity index is 643. The van der Waals surface area contributed by atoms with Gasteiger partial charge in [0.1, 0.15) is 0 Å². The second-order valence-corrected chi connectivity index (χ2v) is 6.14. The number of aromatic nitrogens is 2. The Balaban J connectivity index is 1.60. The quantitative estimate of drug-likeness (QED) is 0.637. The summed E-state index contributed by atoms with van der Waals surface area (Å²) in [6.07, 6.45) is 7.77. The van der Waals surface area contributed by atoms with Gasteiger partial charge in [-0.15, -0.1) is 0 Å². The topological polar surface area (TPSA) is 54.2 Å². The second kappa shape index (κ2) is 7.31. The van der Waals surface area contributed by atoms with Crippen LogP contribution in [-0.2, 0) is 0 Å². The zero-order chi connectivity index (χ0) is 16.1. The number of nitrogens with one attached hydrogen (secondary N) is 2. The molecule has 1 aliphatic carbocycles. The lowest BCUT2D eigenvalue weighted by molar-refractivity contribution is 0.653. The minimum absolute atomic E-state index is 0.178. The van der Waals surface area contributed by atoms with E-state index in [1.54, 1.807) is 6.20 Å². The lowest BCUT2D eigenvalue weighted by Crippen LogP contribution is -2.39. The van der Waals surface area contributed by atoms with Crippen LogP contribution in [0.1, 0.15) is 37.8 Å². The summed E-state index contributed by atoms with van der Waals surface area (Å²) in [6.45, 7) is 3.14. The largest absolute Gasteiger partial charge is 0.356 e. The fraction of sp³-hybridized carbons (Fsp3) is 0.444. The molecule has 1 unspecified atom stereocenters. The number of hydrogen-bond donors (Lipinski definition) is 2. The Hall–Kier alpha value is -2.30. The number of rotatable bonds is 6. The molecule has 0 radical (unpaired) electrons. The van der Waals surface area contributed by atoms with Gasteiger partial charge in [-0.2, -0.15) is 5.10 Å². The zero-order valence-corrected chi connectivity index (χ0v) is 13.9.